The number of rotatable bonds is 7. The average molecular weight is 664 g/mol. The largest absolute Gasteiger partial charge is 0.238 e. The molecule has 1 aromatic heterocycles. The first-order valence-corrected chi connectivity index (χ1v) is 16.9. The lowest BCUT2D eigenvalue weighted by atomic mass is 9.90. The van der Waals surface area contributed by atoms with Crippen LogP contribution in [0.4, 0.5) is 5.69 Å². The second-order valence-corrected chi connectivity index (χ2v) is 12.3. The van der Waals surface area contributed by atoms with Crippen LogP contribution in [0.5, 0.6) is 0 Å². The van der Waals surface area contributed by atoms with Gasteiger partial charge in [0.25, 0.3) is 0 Å². The van der Waals surface area contributed by atoms with Crippen LogP contribution in [0, 0.1) is 17.9 Å². The van der Waals surface area contributed by atoms with E-state index in [-0.39, 0.29) is 0 Å². The fourth-order valence-corrected chi connectivity index (χ4v) is 6.32. The summed E-state index contributed by atoms with van der Waals surface area (Å²) < 4.78 is 0. The highest BCUT2D eigenvalue weighted by molar-refractivity contribution is 5.88. The van der Waals surface area contributed by atoms with Gasteiger partial charge in [0.1, 0.15) is 0 Å². The summed E-state index contributed by atoms with van der Waals surface area (Å²) in [5.41, 5.74) is 12.0. The minimum atomic E-state index is 0.579. The Bertz CT molecular complexity index is 2620. The Morgan fingerprint density at radius 2 is 0.827 bits per heavy atom. The van der Waals surface area contributed by atoms with Crippen LogP contribution in [0.3, 0.4) is 0 Å². The molecule has 0 N–H and O–H groups in total. The van der Waals surface area contributed by atoms with Gasteiger partial charge >= 0.3 is 0 Å². The van der Waals surface area contributed by atoms with Crippen molar-refractivity contribution >= 4 is 5.69 Å². The quantitative estimate of drug-likeness (QED) is 0.159. The van der Waals surface area contributed by atoms with Crippen molar-refractivity contribution in [2.75, 3.05) is 0 Å². The maximum atomic E-state index is 9.64. The Balaban J connectivity index is 1.18. The number of aromatic nitrogens is 3. The lowest BCUT2D eigenvalue weighted by molar-refractivity contribution is 1.07. The molecule has 8 rings (SSSR count). The van der Waals surface area contributed by atoms with E-state index < -0.39 is 0 Å². The third-order valence-electron chi connectivity index (χ3n) is 9.00. The molecular weight excluding hydrogens is 635 g/mol. The third kappa shape index (κ3) is 6.59. The predicted octanol–water partition coefficient (Wildman–Crippen LogP) is 12.0. The highest BCUT2D eigenvalue weighted by Crippen LogP contribution is 2.38. The third-order valence-corrected chi connectivity index (χ3v) is 9.00. The van der Waals surface area contributed by atoms with Crippen molar-refractivity contribution in [2.45, 2.75) is 0 Å². The molecule has 5 heteroatoms. The summed E-state index contributed by atoms with van der Waals surface area (Å²) in [6.07, 6.45) is 0. The molecule has 0 saturated carbocycles. The smallest absolute Gasteiger partial charge is 0.187 e. The molecule has 8 aromatic rings. The molecule has 0 atom stereocenters. The maximum absolute atomic E-state index is 9.64. The monoisotopic (exact) mass is 663 g/mol. The number of benzene rings is 7. The summed E-state index contributed by atoms with van der Waals surface area (Å²) in [5, 5.41) is 9.64. The van der Waals surface area contributed by atoms with Crippen LogP contribution in [0.15, 0.2) is 176 Å². The van der Waals surface area contributed by atoms with Gasteiger partial charge in [0.15, 0.2) is 23.2 Å². The molecule has 0 saturated heterocycles. The molecule has 7 aromatic carbocycles. The van der Waals surface area contributed by atoms with Gasteiger partial charge < -0.3 is 0 Å². The zero-order chi connectivity index (χ0) is 35.3. The molecule has 0 bridgehead atoms. The Hall–Kier alpha value is -7.47. The molecule has 0 unspecified atom stereocenters. The van der Waals surface area contributed by atoms with Crippen molar-refractivity contribution < 1.29 is 0 Å². The molecule has 0 aliphatic carbocycles. The van der Waals surface area contributed by atoms with Gasteiger partial charge in [0.2, 0.25) is 0 Å². The standard InChI is InChI=1S/C47H29N5/c1-49-42-17-9-16-41(29-42)43-27-26-39(30-44(43)40-15-8-10-32(28-40)31-48)35-20-24-38(25-21-35)47-51-45(36-13-6-3-7-14-36)50-46(52-47)37-22-18-34(19-23-37)33-11-4-2-5-12-33/h2-30H. The van der Waals surface area contributed by atoms with Crippen LogP contribution in [0.1, 0.15) is 5.56 Å². The van der Waals surface area contributed by atoms with Gasteiger partial charge in [0, 0.05) is 16.7 Å². The SMILES string of the molecule is [C-]#[N+]c1cccc(-c2ccc(-c3ccc(-c4nc(-c5ccccc5)nc(-c5ccc(-c6ccccc6)cc5)n4)cc3)cc2-c2cccc(C#N)c2)c1. The van der Waals surface area contributed by atoms with Crippen molar-refractivity contribution in [3.63, 3.8) is 0 Å². The van der Waals surface area contributed by atoms with Crippen molar-refractivity contribution in [2.24, 2.45) is 0 Å². The van der Waals surface area contributed by atoms with Crippen molar-refractivity contribution in [1.29, 1.82) is 5.26 Å². The van der Waals surface area contributed by atoms with Gasteiger partial charge in [0.05, 0.1) is 18.2 Å². The van der Waals surface area contributed by atoms with Crippen molar-refractivity contribution in [3.8, 4) is 84.7 Å². The normalized spacial score (nSPS) is 10.7. The van der Waals surface area contributed by atoms with E-state index in [1.165, 1.54) is 0 Å². The molecule has 52 heavy (non-hydrogen) atoms. The Labute approximate surface area is 302 Å². The van der Waals surface area contributed by atoms with E-state index in [9.17, 15) is 5.26 Å². The summed E-state index contributed by atoms with van der Waals surface area (Å²) in [6, 6.07) is 60.7. The van der Waals surface area contributed by atoms with Crippen LogP contribution in [0.2, 0.25) is 0 Å². The number of hydrogen-bond acceptors (Lipinski definition) is 4. The van der Waals surface area contributed by atoms with Crippen LogP contribution in [0.25, 0.3) is 83.5 Å². The van der Waals surface area contributed by atoms with Crippen molar-refractivity contribution in [3.05, 3.63) is 193 Å². The topological polar surface area (TPSA) is 66.8 Å². The van der Waals surface area contributed by atoms with E-state index in [1.807, 2.05) is 103 Å². The van der Waals surface area contributed by atoms with Gasteiger partial charge in [-0.2, -0.15) is 5.26 Å². The van der Waals surface area contributed by atoms with E-state index in [0.29, 0.717) is 28.7 Å². The summed E-state index contributed by atoms with van der Waals surface area (Å²) in [5.74, 6) is 1.81. The van der Waals surface area contributed by atoms with E-state index >= 15 is 0 Å². The first kappa shape index (κ1) is 31.8. The van der Waals surface area contributed by atoms with Gasteiger partial charge in [-0.3, -0.25) is 0 Å². The first-order chi connectivity index (χ1) is 25.6. The van der Waals surface area contributed by atoms with Gasteiger partial charge in [-0.1, -0.05) is 152 Å². The predicted molar refractivity (Wildman–Crippen MR) is 209 cm³/mol. The summed E-state index contributed by atoms with van der Waals surface area (Å²) in [7, 11) is 0. The number of nitrogens with zero attached hydrogens (tertiary/aromatic N) is 5. The molecule has 0 fully saturated rings. The molecule has 0 aliphatic heterocycles. The van der Waals surface area contributed by atoms with Gasteiger partial charge in [-0.25, -0.2) is 19.8 Å². The highest BCUT2D eigenvalue weighted by Gasteiger charge is 2.15. The minimum absolute atomic E-state index is 0.579. The molecule has 0 spiro atoms. The molecule has 5 nitrogen and oxygen atoms in total. The van der Waals surface area contributed by atoms with Crippen LogP contribution in [-0.2, 0) is 0 Å². The lowest BCUT2D eigenvalue weighted by Gasteiger charge is -2.14. The molecular formula is C47H29N5. The fraction of sp³-hybridized carbons (Fsp3) is 0. The molecule has 0 radical (unpaired) electrons. The number of hydrogen-bond donors (Lipinski definition) is 0. The summed E-state index contributed by atoms with van der Waals surface area (Å²) >= 11 is 0. The van der Waals surface area contributed by atoms with E-state index in [4.69, 9.17) is 21.5 Å². The Morgan fingerprint density at radius 1 is 0.385 bits per heavy atom. The fourth-order valence-electron chi connectivity index (χ4n) is 6.32. The zero-order valence-corrected chi connectivity index (χ0v) is 28.0. The minimum Gasteiger partial charge on any atom is -0.238 e. The first-order valence-electron chi connectivity index (χ1n) is 16.9. The molecule has 0 amide bonds. The van der Waals surface area contributed by atoms with E-state index in [1.54, 1.807) is 6.07 Å². The number of nitriles is 1. The Morgan fingerprint density at radius 3 is 1.40 bits per heavy atom. The van der Waals surface area contributed by atoms with Crippen LogP contribution < -0.4 is 0 Å². The summed E-state index contributed by atoms with van der Waals surface area (Å²) in [4.78, 5) is 18.4. The van der Waals surface area contributed by atoms with Gasteiger partial charge in [-0.15, -0.1) is 0 Å². The maximum Gasteiger partial charge on any atom is 0.187 e. The van der Waals surface area contributed by atoms with E-state index in [0.717, 1.165) is 61.2 Å². The molecule has 242 valence electrons. The second kappa shape index (κ2) is 14.2. The highest BCUT2D eigenvalue weighted by atomic mass is 15.0. The van der Waals surface area contributed by atoms with Crippen LogP contribution in [-0.4, -0.2) is 15.0 Å². The van der Waals surface area contributed by atoms with Gasteiger partial charge in [-0.05, 0) is 68.8 Å². The lowest BCUT2D eigenvalue weighted by Crippen LogP contribution is -2.00. The zero-order valence-electron chi connectivity index (χ0n) is 28.0. The van der Waals surface area contributed by atoms with Crippen LogP contribution >= 0.6 is 0 Å². The second-order valence-electron chi connectivity index (χ2n) is 12.3. The average Bonchev–Trinajstić information content (AvgIpc) is 3.24. The molecule has 0 aliphatic rings. The summed E-state index contributed by atoms with van der Waals surface area (Å²) in [6.45, 7) is 7.52. The van der Waals surface area contributed by atoms with E-state index in [2.05, 4.69) is 77.6 Å². The Kier molecular flexibility index (Phi) is 8.66. The van der Waals surface area contributed by atoms with Crippen molar-refractivity contribution in [1.82, 2.24) is 15.0 Å². The molecule has 1 heterocycles.